The van der Waals surface area contributed by atoms with E-state index in [0.717, 1.165) is 89.9 Å². The number of hydrogen-bond donors (Lipinski definition) is 6. The van der Waals surface area contributed by atoms with Crippen molar-refractivity contribution in [3.8, 4) is 0 Å². The Morgan fingerprint density at radius 1 is 0.455 bits per heavy atom. The van der Waals surface area contributed by atoms with Crippen LogP contribution < -0.4 is 5.32 Å². The molecule has 9 nitrogen and oxygen atoms in total. The summed E-state index contributed by atoms with van der Waals surface area (Å²) >= 11 is 0. The predicted octanol–water partition coefficient (Wildman–Crippen LogP) is 16.5. The largest absolute Gasteiger partial charge is 0.394 e. The van der Waals surface area contributed by atoms with Crippen LogP contribution in [0.2, 0.25) is 0 Å². The summed E-state index contributed by atoms with van der Waals surface area (Å²) in [4.78, 5) is 13.1. The molecule has 1 fully saturated rings. The maximum atomic E-state index is 13.1. The summed E-state index contributed by atoms with van der Waals surface area (Å²) in [6.07, 6.45) is 75.9. The average molecular weight is 1080 g/mol. The quantitative estimate of drug-likeness (QED) is 0.0261. The highest BCUT2D eigenvalue weighted by molar-refractivity contribution is 5.76. The Hall–Kier alpha value is -3.15. The standard InChI is InChI=1S/C68H117NO8/c1-3-5-7-9-11-13-15-17-19-21-22-23-24-25-26-27-28-29-30-31-32-33-34-35-36-37-38-39-40-42-44-46-48-50-52-54-56-58-64(72)69-61(60-76-68-67(75)66(74)65(73)63(59-70)77-68)62(71)57-55-53-51-49-47-45-43-41-20-18-16-14-12-10-8-6-4-2/h5,7,11,13,17,19,22-23,25-26,28-29,31-32,34-35,55,57,61-63,65-68,70-71,73-75H,3-4,6,8-10,12,14-16,18,20-21,24,27,30,33,36-54,56,58-60H2,1-2H3,(H,69,72)/b7-5-,13-11-,19-17-,23-22-,26-25-,29-28-,32-31-,35-34-,57-55+. The second-order valence-electron chi connectivity index (χ2n) is 21.5. The van der Waals surface area contributed by atoms with Gasteiger partial charge >= 0.3 is 0 Å². The summed E-state index contributed by atoms with van der Waals surface area (Å²) in [5, 5.41) is 54.6. The summed E-state index contributed by atoms with van der Waals surface area (Å²) in [6, 6.07) is -0.812. The van der Waals surface area contributed by atoms with Crippen molar-refractivity contribution in [2.24, 2.45) is 0 Å². The zero-order chi connectivity index (χ0) is 55.8. The summed E-state index contributed by atoms with van der Waals surface area (Å²) < 4.78 is 11.3. The summed E-state index contributed by atoms with van der Waals surface area (Å²) in [5.74, 6) is -0.182. The van der Waals surface area contributed by atoms with Crippen LogP contribution in [0.5, 0.6) is 0 Å². The third kappa shape index (κ3) is 45.3. The molecule has 77 heavy (non-hydrogen) atoms. The molecular weight excluding hydrogens is 959 g/mol. The molecule has 0 spiro atoms. The second kappa shape index (κ2) is 56.1. The summed E-state index contributed by atoms with van der Waals surface area (Å²) in [6.45, 7) is 3.67. The lowest BCUT2D eigenvalue weighted by molar-refractivity contribution is -0.302. The van der Waals surface area contributed by atoms with Gasteiger partial charge in [0.2, 0.25) is 5.91 Å². The molecule has 1 aliphatic heterocycles. The van der Waals surface area contributed by atoms with Gasteiger partial charge in [-0.15, -0.1) is 0 Å². The van der Waals surface area contributed by atoms with E-state index in [0.29, 0.717) is 6.42 Å². The van der Waals surface area contributed by atoms with Crippen LogP contribution in [0, 0.1) is 0 Å². The van der Waals surface area contributed by atoms with Gasteiger partial charge in [-0.25, -0.2) is 0 Å². The molecule has 0 bridgehead atoms. The van der Waals surface area contributed by atoms with Gasteiger partial charge in [-0.05, 0) is 83.5 Å². The number of aliphatic hydroxyl groups excluding tert-OH is 5. The number of aliphatic hydroxyl groups is 5. The van der Waals surface area contributed by atoms with Gasteiger partial charge in [-0.3, -0.25) is 4.79 Å². The Morgan fingerprint density at radius 3 is 1.19 bits per heavy atom. The van der Waals surface area contributed by atoms with Gasteiger partial charge < -0.3 is 40.3 Å². The van der Waals surface area contributed by atoms with Gasteiger partial charge in [0.05, 0.1) is 25.4 Å². The van der Waals surface area contributed by atoms with E-state index in [9.17, 15) is 30.3 Å². The first-order valence-electron chi connectivity index (χ1n) is 31.6. The molecule has 0 radical (unpaired) electrons. The lowest BCUT2D eigenvalue weighted by Gasteiger charge is -2.40. The smallest absolute Gasteiger partial charge is 0.220 e. The third-order valence-corrected chi connectivity index (χ3v) is 14.4. The maximum Gasteiger partial charge on any atom is 0.220 e. The highest BCUT2D eigenvalue weighted by Gasteiger charge is 2.44. The number of rotatable bonds is 53. The summed E-state index contributed by atoms with van der Waals surface area (Å²) in [5.41, 5.74) is 0. The summed E-state index contributed by atoms with van der Waals surface area (Å²) in [7, 11) is 0. The zero-order valence-electron chi connectivity index (χ0n) is 49.2. The van der Waals surface area contributed by atoms with E-state index in [1.54, 1.807) is 6.08 Å². The van der Waals surface area contributed by atoms with E-state index in [1.165, 1.54) is 148 Å². The first kappa shape index (κ1) is 71.9. The second-order valence-corrected chi connectivity index (χ2v) is 21.5. The molecule has 6 N–H and O–H groups in total. The van der Waals surface area contributed by atoms with E-state index >= 15 is 0 Å². The minimum absolute atomic E-state index is 0.182. The molecule has 1 amide bonds. The van der Waals surface area contributed by atoms with Crippen molar-refractivity contribution in [3.05, 3.63) is 109 Å². The molecule has 0 aliphatic carbocycles. The zero-order valence-corrected chi connectivity index (χ0v) is 49.2. The highest BCUT2D eigenvalue weighted by atomic mass is 16.7. The Labute approximate surface area is 472 Å². The molecule has 1 heterocycles. The molecule has 0 aromatic carbocycles. The third-order valence-electron chi connectivity index (χ3n) is 14.4. The molecular formula is C68H117NO8. The van der Waals surface area contributed by atoms with E-state index in [-0.39, 0.29) is 12.5 Å². The van der Waals surface area contributed by atoms with E-state index < -0.39 is 49.5 Å². The van der Waals surface area contributed by atoms with Crippen molar-refractivity contribution < 1.29 is 39.8 Å². The molecule has 1 saturated heterocycles. The van der Waals surface area contributed by atoms with Gasteiger partial charge in [0, 0.05) is 6.42 Å². The molecule has 0 aromatic heterocycles. The van der Waals surface area contributed by atoms with Gasteiger partial charge in [0.25, 0.3) is 0 Å². The van der Waals surface area contributed by atoms with Gasteiger partial charge in [0.1, 0.15) is 24.4 Å². The molecule has 7 unspecified atom stereocenters. The van der Waals surface area contributed by atoms with Crippen LogP contribution in [0.25, 0.3) is 0 Å². The fourth-order valence-electron chi connectivity index (χ4n) is 9.41. The van der Waals surface area contributed by atoms with Crippen molar-refractivity contribution in [2.75, 3.05) is 13.2 Å². The first-order chi connectivity index (χ1) is 37.8. The van der Waals surface area contributed by atoms with Crippen LogP contribution in [0.15, 0.2) is 109 Å². The Kier molecular flexibility index (Phi) is 52.4. The molecule has 0 saturated carbocycles. The van der Waals surface area contributed by atoms with Crippen LogP contribution in [0.3, 0.4) is 0 Å². The van der Waals surface area contributed by atoms with Crippen LogP contribution in [0.4, 0.5) is 0 Å². The molecule has 1 rings (SSSR count). The molecule has 7 atom stereocenters. The SMILES string of the molecule is CC/C=C\C/C=C\C/C=C\C/C=C\C/C=C\C/C=C\C/C=C\C/C=C\CCCCCCCCCCCCCCC(=O)NC(COC1OC(CO)C(O)C(O)C1O)C(O)/C=C/CCCCCCCCCCCCCCCCC. The fraction of sp³-hybridized carbons (Fsp3) is 0.721. The van der Waals surface area contributed by atoms with Crippen LogP contribution in [-0.4, -0.2) is 87.5 Å². The number of ether oxygens (including phenoxy) is 2. The maximum absolute atomic E-state index is 13.1. The number of unbranched alkanes of at least 4 members (excludes halogenated alkanes) is 27. The van der Waals surface area contributed by atoms with E-state index in [2.05, 4.69) is 116 Å². The number of carbonyl (C=O) groups excluding carboxylic acids is 1. The molecule has 1 aliphatic rings. The molecule has 9 heteroatoms. The number of allylic oxidation sites excluding steroid dienone is 17. The number of carbonyl (C=O) groups is 1. The molecule has 442 valence electrons. The average Bonchev–Trinajstić information content (AvgIpc) is 3.43. The monoisotopic (exact) mass is 1080 g/mol. The number of nitrogens with one attached hydrogen (secondary N) is 1. The highest BCUT2D eigenvalue weighted by Crippen LogP contribution is 2.23. The van der Waals surface area contributed by atoms with Gasteiger partial charge in [0.15, 0.2) is 6.29 Å². The Bertz CT molecular complexity index is 1580. The lowest BCUT2D eigenvalue weighted by atomic mass is 9.99. The van der Waals surface area contributed by atoms with Gasteiger partial charge in [-0.1, -0.05) is 277 Å². The fourth-order valence-corrected chi connectivity index (χ4v) is 9.41. The van der Waals surface area contributed by atoms with Crippen LogP contribution >= 0.6 is 0 Å². The van der Waals surface area contributed by atoms with E-state index in [1.807, 2.05) is 6.08 Å². The predicted molar refractivity (Wildman–Crippen MR) is 327 cm³/mol. The van der Waals surface area contributed by atoms with Crippen molar-refractivity contribution in [1.29, 1.82) is 0 Å². The Balaban J connectivity index is 2.15. The van der Waals surface area contributed by atoms with Crippen LogP contribution in [0.1, 0.15) is 258 Å². The number of hydrogen-bond acceptors (Lipinski definition) is 8. The van der Waals surface area contributed by atoms with Gasteiger partial charge in [-0.2, -0.15) is 0 Å². The van der Waals surface area contributed by atoms with Crippen molar-refractivity contribution >= 4 is 5.91 Å². The lowest BCUT2D eigenvalue weighted by Crippen LogP contribution is -2.60. The number of amides is 1. The van der Waals surface area contributed by atoms with Crippen LogP contribution in [-0.2, 0) is 14.3 Å². The normalized spacial score (nSPS) is 19.5. The van der Waals surface area contributed by atoms with Crippen molar-refractivity contribution in [3.63, 3.8) is 0 Å². The minimum atomic E-state index is -1.57. The Morgan fingerprint density at radius 2 is 0.805 bits per heavy atom. The van der Waals surface area contributed by atoms with Crippen molar-refractivity contribution in [1.82, 2.24) is 5.32 Å². The molecule has 0 aromatic rings. The topological polar surface area (TPSA) is 149 Å². The minimum Gasteiger partial charge on any atom is -0.394 e. The van der Waals surface area contributed by atoms with E-state index in [4.69, 9.17) is 9.47 Å². The first-order valence-corrected chi connectivity index (χ1v) is 31.6. The van der Waals surface area contributed by atoms with Crippen molar-refractivity contribution in [2.45, 2.75) is 301 Å².